The highest BCUT2D eigenvalue weighted by atomic mass is 35.5. The van der Waals surface area contributed by atoms with Crippen LogP contribution in [-0.2, 0) is 4.74 Å². The summed E-state index contributed by atoms with van der Waals surface area (Å²) in [4.78, 5) is 0. The third kappa shape index (κ3) is 2.12. The molecule has 53 valence electrons. The lowest BCUT2D eigenvalue weighted by molar-refractivity contribution is 0.107. The van der Waals surface area contributed by atoms with Gasteiger partial charge in [-0.05, 0) is 13.0 Å². The minimum Gasteiger partial charge on any atom is -0.381 e. The van der Waals surface area contributed by atoms with Crippen molar-refractivity contribution in [3.05, 3.63) is 6.42 Å². The van der Waals surface area contributed by atoms with Gasteiger partial charge in [-0.2, -0.15) is 0 Å². The lowest BCUT2D eigenvalue weighted by Crippen LogP contribution is -2.38. The van der Waals surface area contributed by atoms with Gasteiger partial charge in [0.1, 0.15) is 0 Å². The van der Waals surface area contributed by atoms with E-state index in [4.69, 9.17) is 16.3 Å². The molecule has 0 aromatic rings. The van der Waals surface area contributed by atoms with Crippen molar-refractivity contribution in [2.24, 2.45) is 0 Å². The fraction of sp³-hybridized carbons (Fsp3) is 0.833. The first kappa shape index (κ1) is 7.32. The zero-order valence-corrected chi connectivity index (χ0v) is 6.19. The molecule has 1 aliphatic rings. The summed E-state index contributed by atoms with van der Waals surface area (Å²) in [6.45, 7) is 0.948. The van der Waals surface area contributed by atoms with E-state index in [2.05, 4.69) is 5.32 Å². The lowest BCUT2D eigenvalue weighted by Gasteiger charge is -2.24. The van der Waals surface area contributed by atoms with Gasteiger partial charge in [0, 0.05) is 13.5 Å². The summed E-state index contributed by atoms with van der Waals surface area (Å²) in [5.74, 6) is 0. The van der Waals surface area contributed by atoms with Gasteiger partial charge in [0.15, 0.2) is 0 Å². The van der Waals surface area contributed by atoms with Gasteiger partial charge < -0.3 is 10.1 Å². The van der Waals surface area contributed by atoms with Crippen LogP contribution < -0.4 is 5.32 Å². The molecule has 1 rings (SSSR count). The van der Waals surface area contributed by atoms with Gasteiger partial charge in [0.25, 0.3) is 0 Å². The zero-order valence-electron chi connectivity index (χ0n) is 5.43. The van der Waals surface area contributed by atoms with E-state index in [0.29, 0.717) is 0 Å². The van der Waals surface area contributed by atoms with Crippen molar-refractivity contribution in [1.29, 1.82) is 0 Å². The first-order valence-electron chi connectivity index (χ1n) is 3.08. The van der Waals surface area contributed by atoms with E-state index in [1.807, 2.05) is 6.42 Å². The first-order chi connectivity index (χ1) is 4.33. The number of nitrogens with one attached hydrogen (secondary N) is 1. The van der Waals surface area contributed by atoms with Crippen LogP contribution in [0.5, 0.6) is 0 Å². The van der Waals surface area contributed by atoms with Crippen LogP contribution in [0.3, 0.4) is 0 Å². The van der Waals surface area contributed by atoms with Crippen molar-refractivity contribution in [2.75, 3.05) is 13.7 Å². The summed E-state index contributed by atoms with van der Waals surface area (Å²) in [5.41, 5.74) is -0.0105. The lowest BCUT2D eigenvalue weighted by atomic mass is 10.1. The number of methoxy groups -OCH3 is 1. The Kier molecular flexibility index (Phi) is 2.76. The molecule has 1 saturated heterocycles. The molecule has 1 heterocycles. The fourth-order valence-electron chi connectivity index (χ4n) is 0.913. The quantitative estimate of drug-likeness (QED) is 0.438. The first-order valence-corrected chi connectivity index (χ1v) is 3.52. The number of hydrogen-bond acceptors (Lipinski definition) is 2. The minimum atomic E-state index is -0.0105. The van der Waals surface area contributed by atoms with Crippen LogP contribution in [0, 0.1) is 6.42 Å². The number of hydrogen-bond donors (Lipinski definition) is 1. The van der Waals surface area contributed by atoms with Crippen LogP contribution in [0.1, 0.15) is 6.42 Å². The molecule has 3 heteroatoms. The Morgan fingerprint density at radius 1 is 1.78 bits per heavy atom. The van der Waals surface area contributed by atoms with Crippen LogP contribution in [-0.4, -0.2) is 25.3 Å². The Labute approximate surface area is 60.5 Å². The molecule has 2 atom stereocenters. The van der Waals surface area contributed by atoms with Gasteiger partial charge in [-0.15, -0.1) is 11.6 Å². The molecule has 0 amide bonds. The molecule has 0 spiro atoms. The molecule has 1 N–H and O–H groups in total. The molecular formula is C6H11ClNO. The van der Waals surface area contributed by atoms with Crippen molar-refractivity contribution in [3.63, 3.8) is 0 Å². The minimum absolute atomic E-state index is 0.0105. The van der Waals surface area contributed by atoms with E-state index >= 15 is 0 Å². The Hall–Kier alpha value is 0.210. The molecule has 1 radical (unpaired) electrons. The number of ether oxygens (including phenoxy) is 1. The molecule has 1 fully saturated rings. The highest BCUT2D eigenvalue weighted by molar-refractivity contribution is 6.21. The van der Waals surface area contributed by atoms with E-state index < -0.39 is 0 Å². The Bertz CT molecular complexity index is 89.1. The molecule has 2 unspecified atom stereocenters. The normalized spacial score (nSPS) is 36.7. The highest BCUT2D eigenvalue weighted by Gasteiger charge is 2.18. The van der Waals surface area contributed by atoms with Gasteiger partial charge in [0.05, 0.1) is 11.6 Å². The highest BCUT2D eigenvalue weighted by Crippen LogP contribution is 2.12. The molecule has 9 heavy (non-hydrogen) atoms. The second-order valence-corrected chi connectivity index (χ2v) is 2.58. The number of halogens is 1. The van der Waals surface area contributed by atoms with Crippen LogP contribution in [0.4, 0.5) is 0 Å². The molecule has 1 aliphatic heterocycles. The Morgan fingerprint density at radius 3 is 3.00 bits per heavy atom. The second kappa shape index (κ2) is 3.40. The topological polar surface area (TPSA) is 21.3 Å². The standard InChI is InChI=1S/C6H11ClNO/c1-9-5-2-3-8-6(7)4-5/h4-6,8H,2-3H2,1H3. The maximum Gasteiger partial charge on any atom is 0.0883 e. The molecule has 0 bridgehead atoms. The third-order valence-electron chi connectivity index (χ3n) is 1.45. The molecule has 0 saturated carbocycles. The summed E-state index contributed by atoms with van der Waals surface area (Å²) in [6, 6.07) is 0. The van der Waals surface area contributed by atoms with Crippen LogP contribution >= 0.6 is 11.6 Å². The summed E-state index contributed by atoms with van der Waals surface area (Å²) in [5, 5.41) is 3.08. The Morgan fingerprint density at radius 2 is 2.56 bits per heavy atom. The third-order valence-corrected chi connectivity index (χ3v) is 1.75. The SMILES string of the molecule is COC1[CH]C(Cl)NCC1. The predicted molar refractivity (Wildman–Crippen MR) is 37.4 cm³/mol. The average Bonchev–Trinajstić information content (AvgIpc) is 1.88. The summed E-state index contributed by atoms with van der Waals surface area (Å²) in [6.07, 6.45) is 3.24. The van der Waals surface area contributed by atoms with E-state index in [1.165, 1.54) is 0 Å². The fourth-order valence-corrected chi connectivity index (χ4v) is 1.18. The number of rotatable bonds is 1. The monoisotopic (exact) mass is 148 g/mol. The van der Waals surface area contributed by atoms with Gasteiger partial charge in [0.2, 0.25) is 0 Å². The average molecular weight is 149 g/mol. The maximum absolute atomic E-state index is 5.74. The van der Waals surface area contributed by atoms with E-state index in [-0.39, 0.29) is 11.6 Å². The van der Waals surface area contributed by atoms with Crippen molar-refractivity contribution in [2.45, 2.75) is 18.0 Å². The summed E-state index contributed by atoms with van der Waals surface area (Å²) in [7, 11) is 1.70. The molecular weight excluding hydrogens is 138 g/mol. The van der Waals surface area contributed by atoms with Crippen molar-refractivity contribution < 1.29 is 4.74 Å². The van der Waals surface area contributed by atoms with E-state index in [0.717, 1.165) is 13.0 Å². The largest absolute Gasteiger partial charge is 0.381 e. The smallest absolute Gasteiger partial charge is 0.0883 e. The van der Waals surface area contributed by atoms with Gasteiger partial charge in [-0.3, -0.25) is 0 Å². The summed E-state index contributed by atoms with van der Waals surface area (Å²) >= 11 is 5.74. The van der Waals surface area contributed by atoms with Crippen LogP contribution in [0.25, 0.3) is 0 Å². The van der Waals surface area contributed by atoms with Crippen LogP contribution in [0.15, 0.2) is 0 Å². The van der Waals surface area contributed by atoms with Gasteiger partial charge in [-0.25, -0.2) is 0 Å². The number of piperidine rings is 1. The van der Waals surface area contributed by atoms with Gasteiger partial charge >= 0.3 is 0 Å². The van der Waals surface area contributed by atoms with Crippen molar-refractivity contribution >= 4 is 11.6 Å². The van der Waals surface area contributed by atoms with E-state index in [1.54, 1.807) is 7.11 Å². The number of alkyl halides is 1. The zero-order chi connectivity index (χ0) is 6.69. The predicted octanol–water partition coefficient (Wildman–Crippen LogP) is 0.764. The summed E-state index contributed by atoms with van der Waals surface area (Å²) < 4.78 is 5.08. The molecule has 0 aromatic carbocycles. The van der Waals surface area contributed by atoms with Crippen molar-refractivity contribution in [3.8, 4) is 0 Å². The van der Waals surface area contributed by atoms with Gasteiger partial charge in [-0.1, -0.05) is 0 Å². The van der Waals surface area contributed by atoms with E-state index in [9.17, 15) is 0 Å². The Balaban J connectivity index is 2.23. The maximum atomic E-state index is 5.74. The van der Waals surface area contributed by atoms with Crippen molar-refractivity contribution in [1.82, 2.24) is 5.32 Å². The molecule has 0 aliphatic carbocycles. The molecule has 0 aromatic heterocycles. The second-order valence-electron chi connectivity index (χ2n) is 2.11. The van der Waals surface area contributed by atoms with Crippen LogP contribution in [0.2, 0.25) is 0 Å². The molecule has 2 nitrogen and oxygen atoms in total.